The van der Waals surface area contributed by atoms with E-state index in [0.29, 0.717) is 12.8 Å². The van der Waals surface area contributed by atoms with Crippen molar-refractivity contribution in [2.75, 3.05) is 20.2 Å². The number of methoxy groups -OCH3 is 1. The Bertz CT molecular complexity index is 396. The molecule has 0 spiro atoms. The molecule has 3 nitrogen and oxygen atoms in total. The molecule has 4 heteroatoms. The lowest BCUT2D eigenvalue weighted by atomic mass is 9.73. The van der Waals surface area contributed by atoms with E-state index >= 15 is 0 Å². The SMILES string of the molecule is COC(=O)C1(c2ccc(F)cc2)CCNCC1. The molecule has 1 N–H and O–H groups in total. The van der Waals surface area contributed by atoms with Gasteiger partial charge in [-0.15, -0.1) is 0 Å². The van der Waals surface area contributed by atoms with Gasteiger partial charge in [-0.2, -0.15) is 0 Å². The highest BCUT2D eigenvalue weighted by atomic mass is 19.1. The molecule has 1 aliphatic rings. The van der Waals surface area contributed by atoms with Crippen LogP contribution in [0.25, 0.3) is 0 Å². The Morgan fingerprint density at radius 2 is 1.88 bits per heavy atom. The van der Waals surface area contributed by atoms with E-state index in [1.807, 2.05) is 0 Å². The molecular formula is C13H16FNO2. The lowest BCUT2D eigenvalue weighted by molar-refractivity contribution is -0.148. The van der Waals surface area contributed by atoms with Crippen molar-refractivity contribution in [3.63, 3.8) is 0 Å². The molecule has 92 valence electrons. The molecule has 1 fully saturated rings. The van der Waals surface area contributed by atoms with Crippen LogP contribution in [0.4, 0.5) is 4.39 Å². The second kappa shape index (κ2) is 4.84. The van der Waals surface area contributed by atoms with Gasteiger partial charge in [0.15, 0.2) is 0 Å². The van der Waals surface area contributed by atoms with E-state index in [2.05, 4.69) is 5.32 Å². The highest BCUT2D eigenvalue weighted by Gasteiger charge is 2.42. The summed E-state index contributed by atoms with van der Waals surface area (Å²) in [7, 11) is 1.40. The van der Waals surface area contributed by atoms with E-state index in [1.165, 1.54) is 19.2 Å². The molecule has 0 radical (unpaired) electrons. The van der Waals surface area contributed by atoms with Gasteiger partial charge in [0.1, 0.15) is 5.82 Å². The maximum atomic E-state index is 12.9. The lowest BCUT2D eigenvalue weighted by Crippen LogP contribution is -2.46. The smallest absolute Gasteiger partial charge is 0.316 e. The van der Waals surface area contributed by atoms with Gasteiger partial charge in [-0.3, -0.25) is 4.79 Å². The summed E-state index contributed by atoms with van der Waals surface area (Å²) >= 11 is 0. The molecule has 0 aliphatic carbocycles. The van der Waals surface area contributed by atoms with Crippen molar-refractivity contribution < 1.29 is 13.9 Å². The summed E-state index contributed by atoms with van der Waals surface area (Å²) in [5.41, 5.74) is 0.223. The Labute approximate surface area is 100.0 Å². The maximum absolute atomic E-state index is 12.9. The Morgan fingerprint density at radius 1 is 1.29 bits per heavy atom. The van der Waals surface area contributed by atoms with Gasteiger partial charge in [-0.1, -0.05) is 12.1 Å². The fourth-order valence-electron chi connectivity index (χ4n) is 2.43. The van der Waals surface area contributed by atoms with Crippen LogP contribution < -0.4 is 5.32 Å². The second-order valence-corrected chi connectivity index (χ2v) is 4.33. The molecular weight excluding hydrogens is 221 g/mol. The van der Waals surface area contributed by atoms with Gasteiger partial charge in [-0.25, -0.2) is 4.39 Å². The summed E-state index contributed by atoms with van der Waals surface area (Å²) in [6.07, 6.45) is 1.37. The highest BCUT2D eigenvalue weighted by molar-refractivity contribution is 5.83. The van der Waals surface area contributed by atoms with Crippen molar-refractivity contribution in [1.82, 2.24) is 5.32 Å². The Hall–Kier alpha value is -1.42. The molecule has 1 heterocycles. The minimum absolute atomic E-state index is 0.231. The molecule has 17 heavy (non-hydrogen) atoms. The molecule has 1 aromatic carbocycles. The summed E-state index contributed by atoms with van der Waals surface area (Å²) in [6.45, 7) is 1.54. The number of carbonyl (C=O) groups excluding carboxylic acids is 1. The average molecular weight is 237 g/mol. The molecule has 1 aliphatic heterocycles. The molecule has 1 aromatic rings. The molecule has 0 aromatic heterocycles. The Morgan fingerprint density at radius 3 is 2.41 bits per heavy atom. The number of piperidine rings is 1. The quantitative estimate of drug-likeness (QED) is 0.794. The second-order valence-electron chi connectivity index (χ2n) is 4.33. The number of carbonyl (C=O) groups is 1. The van der Waals surface area contributed by atoms with Crippen LogP contribution >= 0.6 is 0 Å². The fraction of sp³-hybridized carbons (Fsp3) is 0.462. The maximum Gasteiger partial charge on any atom is 0.316 e. The predicted octanol–water partition coefficient (Wildman–Crippen LogP) is 1.62. The van der Waals surface area contributed by atoms with Crippen molar-refractivity contribution in [3.05, 3.63) is 35.6 Å². The van der Waals surface area contributed by atoms with Crippen LogP contribution in [0.1, 0.15) is 18.4 Å². The number of hydrogen-bond acceptors (Lipinski definition) is 3. The first kappa shape index (κ1) is 12.0. The van der Waals surface area contributed by atoms with Crippen LogP contribution in [0, 0.1) is 5.82 Å². The van der Waals surface area contributed by atoms with Gasteiger partial charge in [0.05, 0.1) is 12.5 Å². The Kier molecular flexibility index (Phi) is 3.43. The third kappa shape index (κ3) is 2.17. The van der Waals surface area contributed by atoms with Gasteiger partial charge < -0.3 is 10.1 Å². The average Bonchev–Trinajstić information content (AvgIpc) is 2.39. The van der Waals surface area contributed by atoms with E-state index in [0.717, 1.165) is 18.7 Å². The van der Waals surface area contributed by atoms with Crippen LogP contribution in [-0.2, 0) is 14.9 Å². The zero-order chi connectivity index (χ0) is 12.3. The number of halogens is 1. The van der Waals surface area contributed by atoms with Crippen molar-refractivity contribution in [1.29, 1.82) is 0 Å². The normalized spacial score (nSPS) is 18.7. The summed E-state index contributed by atoms with van der Waals surface area (Å²) in [4.78, 5) is 12.0. The highest BCUT2D eigenvalue weighted by Crippen LogP contribution is 2.34. The molecule has 0 saturated carbocycles. The van der Waals surface area contributed by atoms with Crippen LogP contribution in [-0.4, -0.2) is 26.2 Å². The zero-order valence-electron chi connectivity index (χ0n) is 9.83. The fourth-order valence-corrected chi connectivity index (χ4v) is 2.43. The standard InChI is InChI=1S/C13H16FNO2/c1-17-12(16)13(6-8-15-9-7-13)10-2-4-11(14)5-3-10/h2-5,15H,6-9H2,1H3. The van der Waals surface area contributed by atoms with Crippen molar-refractivity contribution in [3.8, 4) is 0 Å². The van der Waals surface area contributed by atoms with E-state index in [9.17, 15) is 9.18 Å². The first-order chi connectivity index (χ1) is 8.19. The number of benzene rings is 1. The summed E-state index contributed by atoms with van der Waals surface area (Å²) in [6, 6.07) is 6.14. The number of rotatable bonds is 2. The van der Waals surface area contributed by atoms with Gasteiger partial charge in [0, 0.05) is 0 Å². The lowest BCUT2D eigenvalue weighted by Gasteiger charge is -2.35. The van der Waals surface area contributed by atoms with Crippen molar-refractivity contribution >= 4 is 5.97 Å². The third-order valence-corrected chi connectivity index (χ3v) is 3.43. The molecule has 0 unspecified atom stereocenters. The van der Waals surface area contributed by atoms with Crippen molar-refractivity contribution in [2.45, 2.75) is 18.3 Å². The predicted molar refractivity (Wildman–Crippen MR) is 62.2 cm³/mol. The minimum Gasteiger partial charge on any atom is -0.468 e. The van der Waals surface area contributed by atoms with Crippen LogP contribution in [0.2, 0.25) is 0 Å². The van der Waals surface area contributed by atoms with Crippen LogP contribution in [0.5, 0.6) is 0 Å². The first-order valence-electron chi connectivity index (χ1n) is 5.74. The summed E-state index contributed by atoms with van der Waals surface area (Å²) in [5.74, 6) is -0.520. The number of ether oxygens (including phenoxy) is 1. The molecule has 0 bridgehead atoms. The zero-order valence-corrected chi connectivity index (χ0v) is 9.83. The monoisotopic (exact) mass is 237 g/mol. The largest absolute Gasteiger partial charge is 0.468 e. The molecule has 0 atom stereocenters. The third-order valence-electron chi connectivity index (χ3n) is 3.43. The van der Waals surface area contributed by atoms with E-state index in [1.54, 1.807) is 12.1 Å². The van der Waals surface area contributed by atoms with Gasteiger partial charge in [-0.05, 0) is 43.6 Å². The van der Waals surface area contributed by atoms with Crippen LogP contribution in [0.3, 0.4) is 0 Å². The topological polar surface area (TPSA) is 38.3 Å². The number of nitrogens with one attached hydrogen (secondary N) is 1. The first-order valence-corrected chi connectivity index (χ1v) is 5.74. The van der Waals surface area contributed by atoms with Gasteiger partial charge in [0.2, 0.25) is 0 Å². The number of esters is 1. The molecule has 2 rings (SSSR count). The molecule has 1 saturated heterocycles. The summed E-state index contributed by atoms with van der Waals surface area (Å²) < 4.78 is 17.9. The Balaban J connectivity index is 2.38. The minimum atomic E-state index is -0.617. The van der Waals surface area contributed by atoms with E-state index < -0.39 is 5.41 Å². The van der Waals surface area contributed by atoms with Gasteiger partial charge >= 0.3 is 5.97 Å². The van der Waals surface area contributed by atoms with E-state index in [4.69, 9.17) is 4.74 Å². The van der Waals surface area contributed by atoms with Crippen LogP contribution in [0.15, 0.2) is 24.3 Å². The van der Waals surface area contributed by atoms with Gasteiger partial charge in [0.25, 0.3) is 0 Å². The summed E-state index contributed by atoms with van der Waals surface area (Å²) in [5, 5.41) is 3.22. The molecule has 0 amide bonds. The number of hydrogen-bond donors (Lipinski definition) is 1. The van der Waals surface area contributed by atoms with Crippen molar-refractivity contribution in [2.24, 2.45) is 0 Å². The van der Waals surface area contributed by atoms with E-state index in [-0.39, 0.29) is 11.8 Å².